The molecule has 31 nitrogen and oxygen atoms in total. The third kappa shape index (κ3) is 31.0. The van der Waals surface area contributed by atoms with Crippen LogP contribution in [-0.2, 0) is 71.7 Å². The molecule has 4 aromatic carbocycles. The Hall–Kier alpha value is -13.1. The first-order chi connectivity index (χ1) is 65.8. The Morgan fingerprint density at radius 3 is 1.27 bits per heavy atom. The van der Waals surface area contributed by atoms with Gasteiger partial charge in [0.05, 0.1) is 57.7 Å². The van der Waals surface area contributed by atoms with Gasteiger partial charge < -0.3 is 82.3 Å². The molecule has 0 bridgehead atoms. The molecule has 0 radical (unpaired) electrons. The van der Waals surface area contributed by atoms with Crippen molar-refractivity contribution in [1.29, 1.82) is 0 Å². The number of aromatic nitrogens is 7. The number of methoxy groups -OCH3 is 2. The van der Waals surface area contributed by atoms with Gasteiger partial charge in [-0.15, -0.1) is 0 Å². The molecule has 12 heterocycles. The minimum Gasteiger partial charge on any atom is -0.493 e. The van der Waals surface area contributed by atoms with Crippen LogP contribution in [0.3, 0.4) is 0 Å². The minimum absolute atomic E-state index is 0.0146. The maximum absolute atomic E-state index is 13.6. The van der Waals surface area contributed by atoms with E-state index < -0.39 is 41.7 Å². The number of aromatic carboxylic acids is 2. The van der Waals surface area contributed by atoms with E-state index in [1.807, 2.05) is 107 Å². The van der Waals surface area contributed by atoms with Crippen molar-refractivity contribution in [2.75, 3.05) is 100 Å². The fourth-order valence-corrected chi connectivity index (χ4v) is 16.3. The number of carboxylic acid groups (broad SMARTS) is 2. The smallest absolute Gasteiger partial charge is 0.488 e. The molecular weight excluding hydrogens is 1740 g/mol. The van der Waals surface area contributed by atoms with Crippen molar-refractivity contribution < 1.29 is 96.3 Å². The zero-order chi connectivity index (χ0) is 97.0. The summed E-state index contributed by atoms with van der Waals surface area (Å²) in [5.41, 5.74) is 9.72. The minimum atomic E-state index is -1.35. The van der Waals surface area contributed by atoms with Crippen molar-refractivity contribution in [2.24, 2.45) is 29.6 Å². The van der Waals surface area contributed by atoms with Crippen molar-refractivity contribution >= 4 is 53.1 Å². The summed E-state index contributed by atoms with van der Waals surface area (Å²) in [5.74, 6) is 1.54. The van der Waals surface area contributed by atoms with Crippen LogP contribution in [0.25, 0.3) is 22.3 Å². The molecule has 32 heteroatoms. The molecule has 0 amide bonds. The molecule has 7 aromatic heterocycles. The number of H-pyrrole nitrogens is 2. The molecule has 136 heavy (non-hydrogen) atoms. The van der Waals surface area contributed by atoms with Crippen LogP contribution in [0.1, 0.15) is 187 Å². The van der Waals surface area contributed by atoms with Gasteiger partial charge in [-0.1, -0.05) is 65.2 Å². The molecule has 0 saturated carbocycles. The van der Waals surface area contributed by atoms with Crippen molar-refractivity contribution in [3.8, 4) is 40.3 Å². The van der Waals surface area contributed by atoms with E-state index in [1.165, 1.54) is 16.7 Å². The Kier molecular flexibility index (Phi) is 40.1. The van der Waals surface area contributed by atoms with Crippen LogP contribution in [0.2, 0.25) is 0 Å². The van der Waals surface area contributed by atoms with Crippen molar-refractivity contribution in [3.05, 3.63) is 296 Å². The van der Waals surface area contributed by atoms with Crippen LogP contribution in [-0.4, -0.2) is 191 Å². The highest BCUT2D eigenvalue weighted by atomic mass is 16.5. The van der Waals surface area contributed by atoms with E-state index in [-0.39, 0.29) is 52.6 Å². The molecule has 5 saturated heterocycles. The summed E-state index contributed by atoms with van der Waals surface area (Å²) in [7, 11) is 1.80. The molecular formula is C104H122BN7O24. The molecule has 0 unspecified atom stereocenters. The second-order valence-electron chi connectivity index (χ2n) is 34.0. The summed E-state index contributed by atoms with van der Waals surface area (Å²) in [5, 5.41) is 36.3. The van der Waals surface area contributed by atoms with E-state index in [2.05, 4.69) is 24.9 Å². The monoisotopic (exact) mass is 1860 g/mol. The highest BCUT2D eigenvalue weighted by Gasteiger charge is 2.27. The van der Waals surface area contributed by atoms with Gasteiger partial charge in [-0.05, 0) is 280 Å². The van der Waals surface area contributed by atoms with Crippen LogP contribution in [0.15, 0.2) is 196 Å². The maximum atomic E-state index is 13.6. The maximum Gasteiger partial charge on any atom is 0.488 e. The number of ether oxygens (including phenoxy) is 11. The van der Waals surface area contributed by atoms with Gasteiger partial charge in [-0.3, -0.25) is 43.1 Å². The van der Waals surface area contributed by atoms with Gasteiger partial charge in [-0.2, -0.15) is 0 Å². The number of Topliss-reactive ketones (excluding diaryl/α,β-unsaturated/α-hetero) is 1. The van der Waals surface area contributed by atoms with E-state index in [4.69, 9.17) is 67.3 Å². The first kappa shape index (κ1) is 103. The van der Waals surface area contributed by atoms with E-state index in [1.54, 1.807) is 118 Å². The number of rotatable bonds is 28. The lowest BCUT2D eigenvalue weighted by atomic mass is 9.80. The number of benzene rings is 4. The predicted molar refractivity (Wildman–Crippen MR) is 513 cm³/mol. The molecule has 5 aliphatic heterocycles. The molecule has 16 rings (SSSR count). The molecule has 0 spiro atoms. The topological polar surface area (TPSA) is 416 Å². The second-order valence-corrected chi connectivity index (χ2v) is 34.0. The molecule has 0 aliphatic carbocycles. The standard InChI is InChI=1S/C36H35N3O6.C19H21NO4.C16H23NO4.C14H19NO4.C12H15NO4.C7H9BO2/c1-23-4-7-27(8-5-23)39-22-25(16-24-11-14-44-15-12-24)17-30(36(39)41)32(40)18-26-6-9-28(21-38-26)45-33-10-13-37-31-20-35(43-3)34(42-2)19-29(31)33;1-13-2-4-16(5-3-13)20-12-15(10-14-6-8-24-9-7-14)11-17(18(20)21)19(22)23;1-3-20-15-14(16(18)21-4-2)10-13(11-17-15)9-12-5-7-19-8-6-12;1-2-19-14(17)12-8-11(9-15-13(12)16)7-10-3-5-18-6-4-10;14-11-10(12(15)16)6-9(7-13-11)5-8-1-3-17-4-2-8;1-6-2-4-7(5-3-6)8(9)10/h4-10,13,17,19-22,24H,11-12,14-16,18H2,1-3H3;2-5,11-12,14H,6-10H2,1H3,(H,22,23);10-12H,3-9H2,1-2H3;8-10H,2-7H2,1H3,(H,15,16);6-8H,1-5H2,(H,13,14)(H,15,16);2-5,9-10H,1H3. The predicted octanol–water partition coefficient (Wildman–Crippen LogP) is 14.0. The molecule has 0 atom stereocenters. The Morgan fingerprint density at radius 2 is 0.838 bits per heavy atom. The fourth-order valence-electron chi connectivity index (χ4n) is 16.3. The highest BCUT2D eigenvalue weighted by molar-refractivity contribution is 6.58. The van der Waals surface area contributed by atoms with E-state index in [0.717, 1.165) is 218 Å². The van der Waals surface area contributed by atoms with Gasteiger partial charge in [0, 0.05) is 132 Å². The number of aryl methyl sites for hydroxylation is 3. The fraction of sp³-hybridized carbons (Fsp3) is 0.404. The quantitative estimate of drug-likeness (QED) is 0.0151. The molecule has 5 fully saturated rings. The van der Waals surface area contributed by atoms with Crippen LogP contribution in [0.5, 0.6) is 28.9 Å². The zero-order valence-electron chi connectivity index (χ0n) is 78.4. The van der Waals surface area contributed by atoms with Gasteiger partial charge in [0.25, 0.3) is 22.2 Å². The van der Waals surface area contributed by atoms with Crippen LogP contribution in [0.4, 0.5) is 0 Å². The van der Waals surface area contributed by atoms with Gasteiger partial charge >= 0.3 is 31.0 Å². The normalized spacial score (nSPS) is 14.7. The Balaban J connectivity index is 0.000000167. The summed E-state index contributed by atoms with van der Waals surface area (Å²) in [4.78, 5) is 127. The first-order valence-electron chi connectivity index (χ1n) is 46.3. The van der Waals surface area contributed by atoms with Crippen LogP contribution >= 0.6 is 0 Å². The summed E-state index contributed by atoms with van der Waals surface area (Å²) < 4.78 is 62.3. The van der Waals surface area contributed by atoms with E-state index >= 15 is 0 Å². The lowest BCUT2D eigenvalue weighted by Crippen LogP contribution is -2.29. The number of fused-ring (bicyclic) bond motifs is 1. The van der Waals surface area contributed by atoms with Crippen molar-refractivity contribution in [1.82, 2.24) is 34.1 Å². The SMILES string of the molecule is CCOC(=O)c1cc(CC2CCOCC2)c[nH]c1=O.CCOC(=O)c1cc(CC2CCOCC2)cnc1OCC.COc1cc2nccc(Oc3ccc(CC(=O)c4cc(CC5CCOCC5)cn(-c5ccc(C)cc5)c4=O)nc3)c2cc1OC.Cc1ccc(-n2cc(CC3CCOCC3)cc(C(=O)O)c2=O)cc1.Cc1ccc(B(O)O)cc1.O=C(O)c1cc(CC2CCOCC2)c[nH]c1=O. The van der Waals surface area contributed by atoms with Gasteiger partial charge in [0.2, 0.25) is 5.88 Å². The third-order valence-electron chi connectivity index (χ3n) is 23.9. The van der Waals surface area contributed by atoms with Gasteiger partial charge in [0.15, 0.2) is 17.3 Å². The number of hydrogen-bond acceptors (Lipinski definition) is 25. The highest BCUT2D eigenvalue weighted by Crippen LogP contribution is 2.38. The van der Waals surface area contributed by atoms with Crippen LogP contribution in [0, 0.1) is 50.4 Å². The lowest BCUT2D eigenvalue weighted by molar-refractivity contribution is 0.0512. The molecule has 11 aromatic rings. The number of hydrogen-bond donors (Lipinski definition) is 6. The Morgan fingerprint density at radius 1 is 0.434 bits per heavy atom. The van der Waals surface area contributed by atoms with E-state index in [0.29, 0.717) is 99.6 Å². The largest absolute Gasteiger partial charge is 0.493 e. The molecule has 720 valence electrons. The number of carboxylic acids is 2. The van der Waals surface area contributed by atoms with Gasteiger partial charge in [0.1, 0.15) is 33.8 Å². The average Bonchev–Trinajstić information content (AvgIpc) is 0.799. The lowest BCUT2D eigenvalue weighted by Gasteiger charge is -2.22. The zero-order valence-corrected chi connectivity index (χ0v) is 78.4. The number of carbonyl (C=O) groups is 5. The summed E-state index contributed by atoms with van der Waals surface area (Å²) in [6, 6.07) is 39.4. The summed E-state index contributed by atoms with van der Waals surface area (Å²) >= 11 is 0. The summed E-state index contributed by atoms with van der Waals surface area (Å²) in [6.45, 7) is 20.1. The molecule has 6 N–H and O–H groups in total. The number of pyridine rings is 7. The Bertz CT molecular complexity index is 6010. The number of nitrogens with zero attached hydrogens (tertiary/aromatic N) is 5. The van der Waals surface area contributed by atoms with Crippen LogP contribution < -0.4 is 46.6 Å². The van der Waals surface area contributed by atoms with Crippen molar-refractivity contribution in [2.45, 2.75) is 144 Å². The number of carbonyl (C=O) groups excluding carboxylic acids is 3. The number of nitrogens with one attached hydrogen (secondary N) is 2. The summed E-state index contributed by atoms with van der Waals surface area (Å²) in [6.07, 6.45) is 26.0. The number of ketones is 1. The number of esters is 2. The average molecular weight is 1860 g/mol. The third-order valence-corrected chi connectivity index (χ3v) is 23.9. The molecule has 5 aliphatic rings. The van der Waals surface area contributed by atoms with E-state index in [9.17, 15) is 48.3 Å². The number of aromatic amines is 2. The second kappa shape index (κ2) is 52.7. The van der Waals surface area contributed by atoms with Crippen molar-refractivity contribution in [3.63, 3.8) is 0 Å². The van der Waals surface area contributed by atoms with Gasteiger partial charge in [-0.25, -0.2) is 24.2 Å². The Labute approximate surface area is 790 Å². The first-order valence-corrected chi connectivity index (χ1v) is 46.3.